The average Bonchev–Trinajstić information content (AvgIpc) is 3.04. The van der Waals surface area contributed by atoms with Gasteiger partial charge in [0.2, 0.25) is 5.91 Å². The van der Waals surface area contributed by atoms with Crippen LogP contribution >= 0.6 is 0 Å². The quantitative estimate of drug-likeness (QED) is 0.787. The second kappa shape index (κ2) is 5.86. The van der Waals surface area contributed by atoms with Crippen LogP contribution in [0.4, 0.5) is 0 Å². The fourth-order valence-corrected chi connectivity index (χ4v) is 2.29. The van der Waals surface area contributed by atoms with E-state index >= 15 is 0 Å². The van der Waals surface area contributed by atoms with Gasteiger partial charge >= 0.3 is 5.97 Å². The van der Waals surface area contributed by atoms with Crippen LogP contribution in [0.1, 0.15) is 44.3 Å². The molecule has 1 unspecified atom stereocenters. The summed E-state index contributed by atoms with van der Waals surface area (Å²) in [6.07, 6.45) is 6.73. The number of nitrogens with zero attached hydrogens (tertiary/aromatic N) is 2. The second-order valence-electron chi connectivity index (χ2n) is 5.00. The normalized spacial score (nSPS) is 17.3. The van der Waals surface area contributed by atoms with Crippen molar-refractivity contribution < 1.29 is 14.7 Å². The first-order chi connectivity index (χ1) is 9.08. The van der Waals surface area contributed by atoms with Crippen molar-refractivity contribution in [1.82, 2.24) is 15.1 Å². The molecular weight excluding hydrogens is 246 g/mol. The molecule has 1 aromatic heterocycles. The molecule has 0 bridgehead atoms. The molecule has 1 aromatic rings. The summed E-state index contributed by atoms with van der Waals surface area (Å²) in [6, 6.07) is 2.34. The van der Waals surface area contributed by atoms with Crippen LogP contribution in [-0.2, 0) is 16.1 Å². The van der Waals surface area contributed by atoms with Gasteiger partial charge in [-0.1, -0.05) is 12.8 Å². The van der Waals surface area contributed by atoms with Gasteiger partial charge in [0, 0.05) is 6.20 Å². The third-order valence-corrected chi connectivity index (χ3v) is 3.57. The fraction of sp³-hybridized carbons (Fsp3) is 0.615. The zero-order chi connectivity index (χ0) is 13.8. The van der Waals surface area contributed by atoms with E-state index in [4.69, 9.17) is 5.11 Å². The molecule has 2 rings (SSSR count). The zero-order valence-electron chi connectivity index (χ0n) is 11.0. The Morgan fingerprint density at radius 1 is 1.53 bits per heavy atom. The van der Waals surface area contributed by atoms with Crippen LogP contribution in [0, 0.1) is 5.92 Å². The van der Waals surface area contributed by atoms with Crippen molar-refractivity contribution in [3.63, 3.8) is 0 Å². The van der Waals surface area contributed by atoms with Crippen LogP contribution in [0.2, 0.25) is 0 Å². The second-order valence-corrected chi connectivity index (χ2v) is 5.00. The summed E-state index contributed by atoms with van der Waals surface area (Å²) in [5.41, 5.74) is 0.762. The molecule has 0 radical (unpaired) electrons. The summed E-state index contributed by atoms with van der Waals surface area (Å²) in [5, 5.41) is 15.7. The standard InChI is InChI=1S/C13H19N3O3/c1-9(13(18)19)12(17)14-8-10-6-7-16(15-10)11-4-2-3-5-11/h6-7,9,11H,2-5,8H2,1H3,(H,14,17)(H,18,19). The maximum Gasteiger partial charge on any atom is 0.315 e. The van der Waals surface area contributed by atoms with E-state index in [1.54, 1.807) is 0 Å². The Morgan fingerprint density at radius 3 is 2.84 bits per heavy atom. The lowest BCUT2D eigenvalue weighted by molar-refractivity contribution is -0.146. The van der Waals surface area contributed by atoms with Gasteiger partial charge < -0.3 is 10.4 Å². The number of hydrogen-bond acceptors (Lipinski definition) is 3. The van der Waals surface area contributed by atoms with Crippen LogP contribution in [0.15, 0.2) is 12.3 Å². The molecule has 0 aromatic carbocycles. The Labute approximate surface area is 111 Å². The Kier molecular flexibility index (Phi) is 4.19. The van der Waals surface area contributed by atoms with Gasteiger partial charge in [-0.2, -0.15) is 5.10 Å². The van der Waals surface area contributed by atoms with Crippen LogP contribution in [0.3, 0.4) is 0 Å². The van der Waals surface area contributed by atoms with Crippen LogP contribution in [0.25, 0.3) is 0 Å². The van der Waals surface area contributed by atoms with Crippen molar-refractivity contribution in [1.29, 1.82) is 0 Å². The van der Waals surface area contributed by atoms with E-state index in [0.29, 0.717) is 6.04 Å². The molecule has 1 atom stereocenters. The molecule has 0 spiro atoms. The van der Waals surface area contributed by atoms with Gasteiger partial charge in [-0.05, 0) is 25.8 Å². The Hall–Kier alpha value is -1.85. The number of hydrogen-bond donors (Lipinski definition) is 2. The van der Waals surface area contributed by atoms with Gasteiger partial charge in [0.1, 0.15) is 5.92 Å². The lowest BCUT2D eigenvalue weighted by atomic mass is 10.2. The smallest absolute Gasteiger partial charge is 0.315 e. The lowest BCUT2D eigenvalue weighted by Crippen LogP contribution is -2.33. The van der Waals surface area contributed by atoms with Gasteiger partial charge in [0.05, 0.1) is 18.3 Å². The molecular formula is C13H19N3O3. The van der Waals surface area contributed by atoms with Gasteiger partial charge in [-0.3, -0.25) is 14.3 Å². The number of nitrogens with one attached hydrogen (secondary N) is 1. The number of carbonyl (C=O) groups is 2. The highest BCUT2D eigenvalue weighted by atomic mass is 16.4. The molecule has 6 heteroatoms. The number of carboxylic acids is 1. The first-order valence-electron chi connectivity index (χ1n) is 6.62. The van der Waals surface area contributed by atoms with E-state index in [0.717, 1.165) is 18.5 Å². The molecule has 0 saturated heterocycles. The summed E-state index contributed by atoms with van der Waals surface area (Å²) in [4.78, 5) is 22.1. The van der Waals surface area contributed by atoms with Crippen molar-refractivity contribution in [2.45, 2.75) is 45.2 Å². The van der Waals surface area contributed by atoms with Gasteiger partial charge in [-0.15, -0.1) is 0 Å². The van der Waals surface area contributed by atoms with Crippen molar-refractivity contribution in [3.8, 4) is 0 Å². The third-order valence-electron chi connectivity index (χ3n) is 3.57. The largest absolute Gasteiger partial charge is 0.481 e. The molecule has 104 valence electrons. The Morgan fingerprint density at radius 2 is 2.21 bits per heavy atom. The summed E-state index contributed by atoms with van der Waals surface area (Å²) in [7, 11) is 0. The third kappa shape index (κ3) is 3.33. The Balaban J connectivity index is 1.86. The number of rotatable bonds is 5. The summed E-state index contributed by atoms with van der Waals surface area (Å²) >= 11 is 0. The van der Waals surface area contributed by atoms with Gasteiger partial charge in [-0.25, -0.2) is 0 Å². The molecule has 1 aliphatic carbocycles. The van der Waals surface area contributed by atoms with Gasteiger partial charge in [0.15, 0.2) is 0 Å². The van der Waals surface area contributed by atoms with Gasteiger partial charge in [0.25, 0.3) is 0 Å². The lowest BCUT2D eigenvalue weighted by Gasteiger charge is -2.09. The minimum Gasteiger partial charge on any atom is -0.481 e. The molecule has 1 heterocycles. The van der Waals surface area contributed by atoms with E-state index in [2.05, 4.69) is 10.4 Å². The molecule has 6 nitrogen and oxygen atoms in total. The first kappa shape index (κ1) is 13.6. The number of amides is 1. The van der Waals surface area contributed by atoms with E-state index < -0.39 is 17.8 Å². The van der Waals surface area contributed by atoms with Crippen LogP contribution in [0.5, 0.6) is 0 Å². The van der Waals surface area contributed by atoms with E-state index in [-0.39, 0.29) is 6.54 Å². The van der Waals surface area contributed by atoms with E-state index in [1.807, 2.05) is 16.9 Å². The molecule has 1 amide bonds. The summed E-state index contributed by atoms with van der Waals surface area (Å²) in [6.45, 7) is 1.64. The monoisotopic (exact) mass is 265 g/mol. The SMILES string of the molecule is CC(C(=O)O)C(=O)NCc1ccn(C2CCCC2)n1. The van der Waals surface area contributed by atoms with E-state index in [1.165, 1.54) is 19.8 Å². The van der Waals surface area contributed by atoms with Crippen molar-refractivity contribution >= 4 is 11.9 Å². The van der Waals surface area contributed by atoms with Crippen LogP contribution in [-0.4, -0.2) is 26.8 Å². The molecule has 1 fully saturated rings. The summed E-state index contributed by atoms with van der Waals surface area (Å²) in [5.74, 6) is -2.63. The topological polar surface area (TPSA) is 84.2 Å². The summed E-state index contributed by atoms with van der Waals surface area (Å²) < 4.78 is 1.95. The Bertz CT molecular complexity index is 463. The molecule has 19 heavy (non-hydrogen) atoms. The number of aliphatic carboxylic acids is 1. The minimum atomic E-state index is -1.12. The highest BCUT2D eigenvalue weighted by molar-refractivity contribution is 5.96. The number of aromatic nitrogens is 2. The maximum atomic E-state index is 11.5. The molecule has 0 aliphatic heterocycles. The van der Waals surface area contributed by atoms with E-state index in [9.17, 15) is 9.59 Å². The molecule has 2 N–H and O–H groups in total. The van der Waals surface area contributed by atoms with Crippen molar-refractivity contribution in [3.05, 3.63) is 18.0 Å². The highest BCUT2D eigenvalue weighted by Crippen LogP contribution is 2.28. The fourth-order valence-electron chi connectivity index (χ4n) is 2.29. The molecule has 1 saturated carbocycles. The number of carboxylic acid groups (broad SMARTS) is 1. The average molecular weight is 265 g/mol. The zero-order valence-corrected chi connectivity index (χ0v) is 11.0. The predicted octanol–water partition coefficient (Wildman–Crippen LogP) is 1.34. The number of carbonyl (C=O) groups excluding carboxylic acids is 1. The van der Waals surface area contributed by atoms with Crippen molar-refractivity contribution in [2.75, 3.05) is 0 Å². The molecule has 1 aliphatic rings. The maximum absolute atomic E-state index is 11.5. The van der Waals surface area contributed by atoms with Crippen molar-refractivity contribution in [2.24, 2.45) is 5.92 Å². The van der Waals surface area contributed by atoms with Crippen LogP contribution < -0.4 is 5.32 Å². The minimum absolute atomic E-state index is 0.274. The predicted molar refractivity (Wildman–Crippen MR) is 68.4 cm³/mol. The highest BCUT2D eigenvalue weighted by Gasteiger charge is 2.21. The first-order valence-corrected chi connectivity index (χ1v) is 6.62.